The van der Waals surface area contributed by atoms with Crippen LogP contribution < -0.4 is 15.2 Å². The fraction of sp³-hybridized carbons (Fsp3) is 0.647. The van der Waals surface area contributed by atoms with Crippen molar-refractivity contribution in [2.75, 3.05) is 25.0 Å². The molecule has 25 heavy (non-hydrogen) atoms. The largest absolute Gasteiger partial charge is 0.320 e. The highest BCUT2D eigenvalue weighted by atomic mass is 16.2. The first-order valence-electron chi connectivity index (χ1n) is 8.93. The number of carbonyl (C=O) groups excluding carboxylic acids is 1. The molecule has 2 aromatic heterocycles. The Bertz CT molecular complexity index is 818. The van der Waals surface area contributed by atoms with Crippen molar-refractivity contribution in [3.8, 4) is 0 Å². The Kier molecular flexibility index (Phi) is 3.77. The van der Waals surface area contributed by atoms with E-state index < -0.39 is 5.54 Å². The predicted molar refractivity (Wildman–Crippen MR) is 94.2 cm³/mol. The number of hydrogen-bond acceptors (Lipinski definition) is 5. The van der Waals surface area contributed by atoms with E-state index in [0.717, 1.165) is 43.0 Å². The lowest BCUT2D eigenvalue weighted by Crippen LogP contribution is -2.54. The summed E-state index contributed by atoms with van der Waals surface area (Å²) in [7, 11) is 0. The summed E-state index contributed by atoms with van der Waals surface area (Å²) >= 11 is 0. The first kappa shape index (κ1) is 16.4. The first-order valence-corrected chi connectivity index (χ1v) is 8.93. The maximum absolute atomic E-state index is 12.2. The van der Waals surface area contributed by atoms with Gasteiger partial charge in [0.2, 0.25) is 17.8 Å². The Morgan fingerprint density at radius 1 is 1.28 bits per heavy atom. The van der Waals surface area contributed by atoms with Crippen molar-refractivity contribution >= 4 is 22.8 Å². The summed E-state index contributed by atoms with van der Waals surface area (Å²) in [6.07, 6.45) is 3.54. The molecule has 0 bridgehead atoms. The molecule has 0 aliphatic carbocycles. The van der Waals surface area contributed by atoms with Gasteiger partial charge in [0.25, 0.3) is 0 Å². The quantitative estimate of drug-likeness (QED) is 0.772. The van der Waals surface area contributed by atoms with E-state index >= 15 is 0 Å². The molecule has 8 nitrogen and oxygen atoms in total. The van der Waals surface area contributed by atoms with Gasteiger partial charge in [0.15, 0.2) is 5.54 Å². The van der Waals surface area contributed by atoms with Crippen LogP contribution in [-0.2, 0) is 16.9 Å². The Balaban J connectivity index is 1.57. The molecule has 0 aromatic carbocycles. The maximum Gasteiger partial charge on any atom is 0.320 e. The standard InChI is InChI=1S/C17H25N7O/c1-11-8-22(9-12(2)20-11)5-6-24-14-13(7-19-24)15-21-16(25)17(3,4)23(15)10-18-14/h7,10-12,20H,5-6,8-9H2,1-4H3/p+1. The highest BCUT2D eigenvalue weighted by Gasteiger charge is 2.45. The summed E-state index contributed by atoms with van der Waals surface area (Å²) in [5, 5.41) is 11.9. The third-order valence-electron chi connectivity index (χ3n) is 5.25. The summed E-state index contributed by atoms with van der Waals surface area (Å²) in [5.74, 6) is 0.772. The molecule has 1 saturated heterocycles. The molecule has 1 amide bonds. The molecule has 4 rings (SSSR count). The highest BCUT2D eigenvalue weighted by molar-refractivity contribution is 6.02. The number of hydrogen-bond donors (Lipinski definition) is 2. The number of fused-ring (bicyclic) bond motifs is 3. The van der Waals surface area contributed by atoms with E-state index in [9.17, 15) is 4.79 Å². The second kappa shape index (κ2) is 5.74. The molecule has 2 aliphatic heterocycles. The topological polar surface area (TPSA) is 79.0 Å². The van der Waals surface area contributed by atoms with Gasteiger partial charge in [-0.1, -0.05) is 4.98 Å². The van der Waals surface area contributed by atoms with Crippen molar-refractivity contribution in [2.24, 2.45) is 0 Å². The number of amides is 1. The molecule has 2 aromatic rings. The van der Waals surface area contributed by atoms with Gasteiger partial charge in [-0.15, -0.1) is 0 Å². The Hall–Kier alpha value is -2.06. The van der Waals surface area contributed by atoms with Gasteiger partial charge in [-0.25, -0.2) is 14.6 Å². The molecule has 4 heterocycles. The van der Waals surface area contributed by atoms with Gasteiger partial charge in [0.05, 0.1) is 12.7 Å². The van der Waals surface area contributed by atoms with Crippen LogP contribution in [0, 0.1) is 0 Å². The molecule has 0 spiro atoms. The number of anilines is 1. The lowest BCUT2D eigenvalue weighted by Gasteiger charge is -2.36. The Morgan fingerprint density at radius 2 is 2.00 bits per heavy atom. The fourth-order valence-electron chi connectivity index (χ4n) is 3.93. The molecule has 0 radical (unpaired) electrons. The Labute approximate surface area is 147 Å². The van der Waals surface area contributed by atoms with E-state index in [1.54, 1.807) is 12.5 Å². The minimum Gasteiger partial charge on any atom is -0.309 e. The van der Waals surface area contributed by atoms with Crippen LogP contribution in [0.5, 0.6) is 0 Å². The normalized spacial score (nSPS) is 26.0. The zero-order chi connectivity index (χ0) is 17.8. The summed E-state index contributed by atoms with van der Waals surface area (Å²) in [4.78, 5) is 19.2. The molecule has 2 N–H and O–H groups in total. The lowest BCUT2D eigenvalue weighted by molar-refractivity contribution is -0.723. The van der Waals surface area contributed by atoms with Crippen LogP contribution in [0.4, 0.5) is 5.82 Å². The van der Waals surface area contributed by atoms with Gasteiger partial charge in [0, 0.05) is 31.7 Å². The first-order chi connectivity index (χ1) is 11.9. The minimum atomic E-state index is -0.619. The molecule has 1 fully saturated rings. The summed E-state index contributed by atoms with van der Waals surface area (Å²) in [6.45, 7) is 12.1. The second-order valence-corrected chi connectivity index (χ2v) is 7.81. The van der Waals surface area contributed by atoms with Gasteiger partial charge in [0.1, 0.15) is 5.39 Å². The van der Waals surface area contributed by atoms with E-state index in [1.165, 1.54) is 0 Å². The van der Waals surface area contributed by atoms with Gasteiger partial charge in [-0.3, -0.25) is 9.69 Å². The molecule has 8 heteroatoms. The van der Waals surface area contributed by atoms with Crippen LogP contribution in [0.15, 0.2) is 12.5 Å². The molecular formula is C17H26N7O+. The van der Waals surface area contributed by atoms with E-state index in [4.69, 9.17) is 0 Å². The van der Waals surface area contributed by atoms with E-state index in [1.807, 2.05) is 23.1 Å². The number of piperazine rings is 1. The van der Waals surface area contributed by atoms with Gasteiger partial charge < -0.3 is 5.32 Å². The maximum atomic E-state index is 12.2. The van der Waals surface area contributed by atoms with Gasteiger partial charge >= 0.3 is 5.91 Å². The average molecular weight is 344 g/mol. The zero-order valence-electron chi connectivity index (χ0n) is 15.3. The number of rotatable bonds is 3. The fourth-order valence-corrected chi connectivity index (χ4v) is 3.93. The van der Waals surface area contributed by atoms with Crippen molar-refractivity contribution in [2.45, 2.75) is 51.9 Å². The summed E-state index contributed by atoms with van der Waals surface area (Å²) in [5.41, 5.74) is 0.201. The lowest BCUT2D eigenvalue weighted by atomic mass is 10.1. The van der Waals surface area contributed by atoms with Crippen LogP contribution in [0.3, 0.4) is 0 Å². The van der Waals surface area contributed by atoms with Crippen molar-refractivity contribution in [1.29, 1.82) is 0 Å². The number of carbonyl (C=O) groups is 1. The van der Waals surface area contributed by atoms with Crippen molar-refractivity contribution in [3.63, 3.8) is 0 Å². The van der Waals surface area contributed by atoms with E-state index in [-0.39, 0.29) is 5.91 Å². The molecule has 2 aliphatic rings. The molecule has 0 saturated carbocycles. The van der Waals surface area contributed by atoms with Crippen LogP contribution in [0.2, 0.25) is 0 Å². The number of aromatic nitrogens is 4. The van der Waals surface area contributed by atoms with Crippen molar-refractivity contribution in [3.05, 3.63) is 12.5 Å². The van der Waals surface area contributed by atoms with Crippen LogP contribution >= 0.6 is 0 Å². The monoisotopic (exact) mass is 344 g/mol. The van der Waals surface area contributed by atoms with E-state index in [0.29, 0.717) is 12.1 Å². The SMILES string of the molecule is CC1CN(CCn2ncc3c4[n+](cnc32)C(C)(C)C(=O)N4)CC(C)N1. The average Bonchev–Trinajstić information content (AvgIpc) is 3.04. The van der Waals surface area contributed by atoms with Crippen molar-refractivity contribution in [1.82, 2.24) is 25.0 Å². The Morgan fingerprint density at radius 3 is 2.72 bits per heavy atom. The van der Waals surface area contributed by atoms with Gasteiger partial charge in [-0.2, -0.15) is 5.10 Å². The van der Waals surface area contributed by atoms with Gasteiger partial charge in [-0.05, 0) is 27.7 Å². The van der Waals surface area contributed by atoms with Crippen LogP contribution in [0.1, 0.15) is 27.7 Å². The van der Waals surface area contributed by atoms with Crippen LogP contribution in [0.25, 0.3) is 11.0 Å². The smallest absolute Gasteiger partial charge is 0.309 e. The molecular weight excluding hydrogens is 318 g/mol. The third kappa shape index (κ3) is 2.69. The van der Waals surface area contributed by atoms with Crippen LogP contribution in [-0.4, -0.2) is 57.3 Å². The minimum absolute atomic E-state index is 0.0154. The second-order valence-electron chi connectivity index (χ2n) is 7.81. The molecule has 134 valence electrons. The molecule has 2 atom stereocenters. The highest BCUT2D eigenvalue weighted by Crippen LogP contribution is 2.26. The number of nitrogens with one attached hydrogen (secondary N) is 2. The summed E-state index contributed by atoms with van der Waals surface area (Å²) in [6, 6.07) is 1.02. The summed E-state index contributed by atoms with van der Waals surface area (Å²) < 4.78 is 3.83. The van der Waals surface area contributed by atoms with Crippen molar-refractivity contribution < 1.29 is 9.36 Å². The zero-order valence-corrected chi connectivity index (χ0v) is 15.3. The third-order valence-corrected chi connectivity index (χ3v) is 5.25. The molecule has 2 unspecified atom stereocenters. The predicted octanol–water partition coefficient (Wildman–Crippen LogP) is 0.0882. The number of nitrogens with zero attached hydrogens (tertiary/aromatic N) is 5. The van der Waals surface area contributed by atoms with E-state index in [2.05, 4.69) is 39.5 Å².